The van der Waals surface area contributed by atoms with Crippen molar-refractivity contribution in [2.75, 3.05) is 0 Å². The number of fused-ring (bicyclic) bond motifs is 1. The highest BCUT2D eigenvalue weighted by atomic mass is 15.1. The van der Waals surface area contributed by atoms with Gasteiger partial charge in [-0.25, -0.2) is 0 Å². The molecule has 0 atom stereocenters. The van der Waals surface area contributed by atoms with Gasteiger partial charge in [-0.05, 0) is 30.0 Å². The van der Waals surface area contributed by atoms with Crippen LogP contribution in [0.4, 0.5) is 0 Å². The molecular formula is C12H17N3. The minimum Gasteiger partial charge on any atom is -0.326 e. The maximum atomic E-state index is 5.63. The lowest BCUT2D eigenvalue weighted by Gasteiger charge is -2.02. The number of aromatic amines is 1. The van der Waals surface area contributed by atoms with Crippen molar-refractivity contribution in [3.8, 4) is 0 Å². The van der Waals surface area contributed by atoms with E-state index in [4.69, 9.17) is 5.73 Å². The van der Waals surface area contributed by atoms with Crippen molar-refractivity contribution in [2.24, 2.45) is 11.7 Å². The molecule has 80 valence electrons. The van der Waals surface area contributed by atoms with Crippen LogP contribution in [0.2, 0.25) is 0 Å². The zero-order chi connectivity index (χ0) is 10.8. The summed E-state index contributed by atoms with van der Waals surface area (Å²) in [6.45, 7) is 5.00. The number of hydrogen-bond donors (Lipinski definition) is 2. The second kappa shape index (κ2) is 4.03. The largest absolute Gasteiger partial charge is 0.326 e. The molecule has 3 N–H and O–H groups in total. The third-order valence-electron chi connectivity index (χ3n) is 2.55. The molecule has 1 aromatic carbocycles. The summed E-state index contributed by atoms with van der Waals surface area (Å²) in [4.78, 5) is 0. The van der Waals surface area contributed by atoms with Gasteiger partial charge in [-0.3, -0.25) is 5.10 Å². The molecule has 0 aliphatic heterocycles. The van der Waals surface area contributed by atoms with Gasteiger partial charge in [-0.15, -0.1) is 0 Å². The number of nitrogens with one attached hydrogen (secondary N) is 1. The third kappa shape index (κ3) is 2.02. The van der Waals surface area contributed by atoms with E-state index >= 15 is 0 Å². The molecule has 0 saturated carbocycles. The van der Waals surface area contributed by atoms with Crippen molar-refractivity contribution in [3.63, 3.8) is 0 Å². The number of aromatic nitrogens is 2. The lowest BCUT2D eigenvalue weighted by molar-refractivity contribution is 0.636. The van der Waals surface area contributed by atoms with Gasteiger partial charge in [0.05, 0.1) is 5.52 Å². The third-order valence-corrected chi connectivity index (χ3v) is 2.55. The fourth-order valence-corrected chi connectivity index (χ4v) is 1.80. The first kappa shape index (κ1) is 10.2. The maximum absolute atomic E-state index is 5.63. The molecule has 1 aromatic heterocycles. The van der Waals surface area contributed by atoms with E-state index in [1.54, 1.807) is 0 Å². The van der Waals surface area contributed by atoms with Gasteiger partial charge in [0.25, 0.3) is 0 Å². The van der Waals surface area contributed by atoms with Gasteiger partial charge in [0.2, 0.25) is 0 Å². The molecule has 2 aromatic rings. The van der Waals surface area contributed by atoms with Crippen molar-refractivity contribution in [1.82, 2.24) is 10.2 Å². The minimum atomic E-state index is 0.586. The van der Waals surface area contributed by atoms with E-state index in [1.165, 1.54) is 11.1 Å². The van der Waals surface area contributed by atoms with Gasteiger partial charge in [0.1, 0.15) is 0 Å². The van der Waals surface area contributed by atoms with Crippen LogP contribution in [0.5, 0.6) is 0 Å². The van der Waals surface area contributed by atoms with Crippen LogP contribution in [-0.2, 0) is 13.0 Å². The summed E-state index contributed by atoms with van der Waals surface area (Å²) in [5.41, 5.74) is 9.04. The van der Waals surface area contributed by atoms with Gasteiger partial charge >= 0.3 is 0 Å². The monoisotopic (exact) mass is 203 g/mol. The van der Waals surface area contributed by atoms with E-state index < -0.39 is 0 Å². The van der Waals surface area contributed by atoms with Crippen LogP contribution in [-0.4, -0.2) is 10.2 Å². The molecule has 0 amide bonds. The average molecular weight is 203 g/mol. The van der Waals surface area contributed by atoms with Gasteiger partial charge in [0, 0.05) is 17.6 Å². The van der Waals surface area contributed by atoms with E-state index in [2.05, 4.69) is 30.1 Å². The molecule has 0 radical (unpaired) electrons. The number of rotatable bonds is 3. The smallest absolute Gasteiger partial charge is 0.0923 e. The topological polar surface area (TPSA) is 54.7 Å². The highest BCUT2D eigenvalue weighted by molar-refractivity contribution is 5.82. The number of nitrogens with zero attached hydrogens (tertiary/aromatic N) is 1. The average Bonchev–Trinajstić information content (AvgIpc) is 2.60. The van der Waals surface area contributed by atoms with E-state index in [1.807, 2.05) is 12.1 Å². The van der Waals surface area contributed by atoms with Gasteiger partial charge < -0.3 is 5.73 Å². The quantitative estimate of drug-likeness (QED) is 0.803. The van der Waals surface area contributed by atoms with Crippen LogP contribution in [0.1, 0.15) is 25.1 Å². The summed E-state index contributed by atoms with van der Waals surface area (Å²) in [7, 11) is 0. The summed E-state index contributed by atoms with van der Waals surface area (Å²) < 4.78 is 0. The Morgan fingerprint density at radius 3 is 2.87 bits per heavy atom. The summed E-state index contributed by atoms with van der Waals surface area (Å²) in [6.07, 6.45) is 1.03. The minimum absolute atomic E-state index is 0.586. The first-order valence-electron chi connectivity index (χ1n) is 5.36. The van der Waals surface area contributed by atoms with Crippen LogP contribution in [0, 0.1) is 5.92 Å². The molecule has 0 aliphatic rings. The second-order valence-corrected chi connectivity index (χ2v) is 4.36. The van der Waals surface area contributed by atoms with Gasteiger partial charge in [-0.1, -0.05) is 19.9 Å². The van der Waals surface area contributed by atoms with Crippen molar-refractivity contribution in [1.29, 1.82) is 0 Å². The Balaban J connectivity index is 2.46. The Hall–Kier alpha value is -1.35. The molecule has 0 spiro atoms. The van der Waals surface area contributed by atoms with Crippen molar-refractivity contribution >= 4 is 10.9 Å². The lowest BCUT2D eigenvalue weighted by Crippen LogP contribution is -1.97. The fourth-order valence-electron chi connectivity index (χ4n) is 1.80. The summed E-state index contributed by atoms with van der Waals surface area (Å²) in [5, 5.41) is 8.60. The van der Waals surface area contributed by atoms with Gasteiger partial charge in [0.15, 0.2) is 0 Å². The Bertz CT molecular complexity index is 457. The SMILES string of the molecule is CC(C)Cc1[nH]nc2ccc(CN)cc12. The normalized spacial score (nSPS) is 11.5. The number of H-pyrrole nitrogens is 1. The number of hydrogen-bond acceptors (Lipinski definition) is 2. The Kier molecular flexibility index (Phi) is 2.73. The van der Waals surface area contributed by atoms with Gasteiger partial charge in [-0.2, -0.15) is 5.10 Å². The molecule has 0 aliphatic carbocycles. The van der Waals surface area contributed by atoms with Crippen molar-refractivity contribution in [3.05, 3.63) is 29.5 Å². The van der Waals surface area contributed by atoms with Crippen molar-refractivity contribution in [2.45, 2.75) is 26.8 Å². The Labute approximate surface area is 89.7 Å². The molecule has 3 nitrogen and oxygen atoms in total. The van der Waals surface area contributed by atoms with Crippen LogP contribution < -0.4 is 5.73 Å². The molecule has 2 rings (SSSR count). The zero-order valence-corrected chi connectivity index (χ0v) is 9.25. The predicted octanol–water partition coefficient (Wildman–Crippen LogP) is 2.22. The standard InChI is InChI=1S/C12H17N3/c1-8(2)5-12-10-6-9(7-13)3-4-11(10)14-15-12/h3-4,6,8H,5,7,13H2,1-2H3,(H,14,15). The molecule has 3 heteroatoms. The van der Waals surface area contributed by atoms with Crippen LogP contribution in [0.3, 0.4) is 0 Å². The molecule has 1 heterocycles. The van der Waals surface area contributed by atoms with Crippen LogP contribution in [0.25, 0.3) is 10.9 Å². The van der Waals surface area contributed by atoms with Crippen LogP contribution >= 0.6 is 0 Å². The molecule has 15 heavy (non-hydrogen) atoms. The maximum Gasteiger partial charge on any atom is 0.0923 e. The predicted molar refractivity (Wildman–Crippen MR) is 62.5 cm³/mol. The second-order valence-electron chi connectivity index (χ2n) is 4.36. The molecular weight excluding hydrogens is 186 g/mol. The molecule has 0 unspecified atom stereocenters. The van der Waals surface area contributed by atoms with Crippen LogP contribution in [0.15, 0.2) is 18.2 Å². The zero-order valence-electron chi connectivity index (χ0n) is 9.25. The Morgan fingerprint density at radius 1 is 1.40 bits per heavy atom. The first-order valence-corrected chi connectivity index (χ1v) is 5.36. The molecule has 0 bridgehead atoms. The van der Waals surface area contributed by atoms with E-state index in [-0.39, 0.29) is 0 Å². The highest BCUT2D eigenvalue weighted by Crippen LogP contribution is 2.19. The van der Waals surface area contributed by atoms with E-state index in [0.717, 1.165) is 17.5 Å². The summed E-state index contributed by atoms with van der Waals surface area (Å²) >= 11 is 0. The molecule has 0 saturated heterocycles. The highest BCUT2D eigenvalue weighted by Gasteiger charge is 2.07. The van der Waals surface area contributed by atoms with E-state index in [9.17, 15) is 0 Å². The first-order chi connectivity index (χ1) is 7.20. The fraction of sp³-hybridized carbons (Fsp3) is 0.417. The van der Waals surface area contributed by atoms with Crippen molar-refractivity contribution < 1.29 is 0 Å². The number of nitrogens with two attached hydrogens (primary N) is 1. The molecule has 0 fully saturated rings. The Morgan fingerprint density at radius 2 is 2.20 bits per heavy atom. The lowest BCUT2D eigenvalue weighted by atomic mass is 10.0. The van der Waals surface area contributed by atoms with E-state index in [0.29, 0.717) is 12.5 Å². The summed E-state index contributed by atoms with van der Waals surface area (Å²) in [6, 6.07) is 6.19. The summed E-state index contributed by atoms with van der Waals surface area (Å²) in [5.74, 6) is 0.634. The number of benzene rings is 1.